The monoisotopic (exact) mass is 354 g/mol. The first-order valence-electron chi connectivity index (χ1n) is 6.86. The van der Waals surface area contributed by atoms with Crippen LogP contribution in [-0.4, -0.2) is 33.1 Å². The normalized spacial score (nSPS) is 17.4. The lowest BCUT2D eigenvalue weighted by molar-refractivity contribution is -0.124. The topological polar surface area (TPSA) is 49.4 Å². The van der Waals surface area contributed by atoms with Crippen LogP contribution in [0.15, 0.2) is 22.4 Å². The summed E-state index contributed by atoms with van der Waals surface area (Å²) in [6.45, 7) is 6.09. The van der Waals surface area contributed by atoms with E-state index in [1.54, 1.807) is 11.3 Å². The van der Waals surface area contributed by atoms with Crippen LogP contribution >= 0.6 is 35.3 Å². The van der Waals surface area contributed by atoms with Crippen LogP contribution in [0.3, 0.4) is 0 Å². The molecule has 2 heterocycles. The number of hydrogen-bond donors (Lipinski definition) is 1. The molecule has 0 atom stereocenters. The molecule has 0 spiro atoms. The first kappa shape index (κ1) is 17.2. The van der Waals surface area contributed by atoms with Crippen molar-refractivity contribution in [2.75, 3.05) is 6.54 Å². The van der Waals surface area contributed by atoms with Gasteiger partial charge in [-0.15, -0.1) is 11.3 Å². The highest BCUT2D eigenvalue weighted by Gasteiger charge is 2.32. The number of amides is 2. The first-order chi connectivity index (χ1) is 10.3. The molecule has 0 aromatic carbocycles. The molecule has 0 unspecified atom stereocenters. The van der Waals surface area contributed by atoms with Gasteiger partial charge in [0.15, 0.2) is 0 Å². The Hall–Kier alpha value is -1.18. The van der Waals surface area contributed by atoms with Crippen LogP contribution in [-0.2, 0) is 9.59 Å². The van der Waals surface area contributed by atoms with E-state index < -0.39 is 0 Å². The Kier molecular flexibility index (Phi) is 5.41. The predicted molar refractivity (Wildman–Crippen MR) is 96.7 cm³/mol. The number of nitrogens with zero attached hydrogens (tertiary/aromatic N) is 1. The summed E-state index contributed by atoms with van der Waals surface area (Å²) in [5.41, 5.74) is -0.272. The van der Waals surface area contributed by atoms with Gasteiger partial charge in [0, 0.05) is 23.4 Å². The van der Waals surface area contributed by atoms with Crippen molar-refractivity contribution >= 4 is 57.5 Å². The third-order valence-electron chi connectivity index (χ3n) is 2.77. The molecule has 1 aromatic heterocycles. The lowest BCUT2D eigenvalue weighted by Gasteiger charge is -2.21. The van der Waals surface area contributed by atoms with E-state index in [4.69, 9.17) is 12.2 Å². The fourth-order valence-electron chi connectivity index (χ4n) is 1.89. The first-order valence-corrected chi connectivity index (χ1v) is 8.96. The Morgan fingerprint density at radius 2 is 2.18 bits per heavy atom. The molecule has 0 bridgehead atoms. The van der Waals surface area contributed by atoms with Crippen molar-refractivity contribution in [3.63, 3.8) is 0 Å². The van der Waals surface area contributed by atoms with Gasteiger partial charge in [-0.25, -0.2) is 0 Å². The Balaban J connectivity index is 1.97. The van der Waals surface area contributed by atoms with Crippen molar-refractivity contribution in [3.8, 4) is 0 Å². The number of carbonyl (C=O) groups is 2. The molecule has 1 saturated heterocycles. The lowest BCUT2D eigenvalue weighted by Crippen LogP contribution is -2.42. The van der Waals surface area contributed by atoms with Gasteiger partial charge in [-0.1, -0.05) is 30.0 Å². The van der Waals surface area contributed by atoms with Crippen molar-refractivity contribution in [1.82, 2.24) is 10.2 Å². The minimum absolute atomic E-state index is 0.0798. The number of thiophene rings is 1. The van der Waals surface area contributed by atoms with Gasteiger partial charge < -0.3 is 5.32 Å². The third kappa shape index (κ3) is 4.66. The molecular formula is C15H18N2O2S3. The van der Waals surface area contributed by atoms with E-state index in [0.29, 0.717) is 15.8 Å². The molecule has 2 rings (SSSR count). The average Bonchev–Trinajstić information content (AvgIpc) is 2.96. The number of rotatable bonds is 4. The van der Waals surface area contributed by atoms with E-state index in [0.717, 1.165) is 4.88 Å². The van der Waals surface area contributed by atoms with E-state index >= 15 is 0 Å². The summed E-state index contributed by atoms with van der Waals surface area (Å²) in [5, 5.41) is 4.84. The lowest BCUT2D eigenvalue weighted by atomic mass is 10.1. The summed E-state index contributed by atoms with van der Waals surface area (Å²) in [6.07, 6.45) is 2.09. The summed E-state index contributed by atoms with van der Waals surface area (Å²) < 4.78 is 0.511. The number of thiocarbonyl (C=S) groups is 1. The highest BCUT2D eigenvalue weighted by molar-refractivity contribution is 8.26. The van der Waals surface area contributed by atoms with Gasteiger partial charge in [0.05, 0.1) is 4.91 Å². The van der Waals surface area contributed by atoms with Crippen molar-refractivity contribution in [1.29, 1.82) is 0 Å². The van der Waals surface area contributed by atoms with E-state index in [-0.39, 0.29) is 23.8 Å². The quantitative estimate of drug-likeness (QED) is 0.666. The van der Waals surface area contributed by atoms with Crippen molar-refractivity contribution in [2.45, 2.75) is 32.7 Å². The van der Waals surface area contributed by atoms with Crippen LogP contribution in [0.4, 0.5) is 0 Å². The van der Waals surface area contributed by atoms with E-state index in [2.05, 4.69) is 5.32 Å². The van der Waals surface area contributed by atoms with Crippen LogP contribution in [0.2, 0.25) is 0 Å². The summed E-state index contributed by atoms with van der Waals surface area (Å²) in [5.74, 6) is -0.198. The number of hydrogen-bond acceptors (Lipinski definition) is 5. The minimum Gasteiger partial charge on any atom is -0.351 e. The summed E-state index contributed by atoms with van der Waals surface area (Å²) in [7, 11) is 0. The second-order valence-corrected chi connectivity index (χ2v) is 8.55. The number of carbonyl (C=O) groups excluding carboxylic acids is 2. The van der Waals surface area contributed by atoms with Gasteiger partial charge in [-0.3, -0.25) is 14.5 Å². The Morgan fingerprint density at radius 3 is 2.77 bits per heavy atom. The Morgan fingerprint density at radius 1 is 1.45 bits per heavy atom. The zero-order valence-electron chi connectivity index (χ0n) is 12.7. The van der Waals surface area contributed by atoms with Gasteiger partial charge >= 0.3 is 0 Å². The second kappa shape index (κ2) is 6.93. The standard InChI is InChI=1S/C15H18N2O2S3/c1-15(2,3)16-12(18)6-7-17-13(19)11(22-14(17)20)9-10-5-4-8-21-10/h4-5,8-9H,6-7H2,1-3H3,(H,16,18)/b11-9-. The maximum atomic E-state index is 12.4. The Bertz CT molecular complexity index is 615. The van der Waals surface area contributed by atoms with Crippen molar-refractivity contribution in [3.05, 3.63) is 27.3 Å². The zero-order chi connectivity index (χ0) is 16.3. The molecule has 118 valence electrons. The van der Waals surface area contributed by atoms with Gasteiger partial charge in [0.2, 0.25) is 5.91 Å². The summed E-state index contributed by atoms with van der Waals surface area (Å²) >= 11 is 8.11. The predicted octanol–water partition coefficient (Wildman–Crippen LogP) is 3.25. The maximum Gasteiger partial charge on any atom is 0.266 e. The number of nitrogens with one attached hydrogen (secondary N) is 1. The van der Waals surface area contributed by atoms with Gasteiger partial charge in [-0.2, -0.15) is 0 Å². The molecule has 1 aliphatic rings. The van der Waals surface area contributed by atoms with Crippen LogP contribution in [0.25, 0.3) is 6.08 Å². The molecule has 1 N–H and O–H groups in total. The van der Waals surface area contributed by atoms with Gasteiger partial charge in [-0.05, 0) is 38.3 Å². The summed E-state index contributed by atoms with van der Waals surface area (Å²) in [6, 6.07) is 3.89. The second-order valence-electron chi connectivity index (χ2n) is 5.90. The van der Waals surface area contributed by atoms with E-state index in [1.807, 2.05) is 44.4 Å². The average molecular weight is 355 g/mol. The van der Waals surface area contributed by atoms with Crippen LogP contribution in [0, 0.1) is 0 Å². The summed E-state index contributed by atoms with van der Waals surface area (Å²) in [4.78, 5) is 27.4. The largest absolute Gasteiger partial charge is 0.351 e. The highest BCUT2D eigenvalue weighted by atomic mass is 32.2. The smallest absolute Gasteiger partial charge is 0.266 e. The Labute approximate surface area is 144 Å². The fourth-order valence-corrected chi connectivity index (χ4v) is 3.92. The fraction of sp³-hybridized carbons (Fsp3) is 0.400. The van der Waals surface area contributed by atoms with E-state index in [9.17, 15) is 9.59 Å². The van der Waals surface area contributed by atoms with Crippen molar-refractivity contribution < 1.29 is 9.59 Å². The van der Waals surface area contributed by atoms with Crippen LogP contribution in [0.5, 0.6) is 0 Å². The molecule has 1 fully saturated rings. The maximum absolute atomic E-state index is 12.4. The minimum atomic E-state index is -0.272. The molecule has 1 aromatic rings. The molecule has 4 nitrogen and oxygen atoms in total. The van der Waals surface area contributed by atoms with Crippen LogP contribution < -0.4 is 5.32 Å². The number of thioether (sulfide) groups is 1. The molecule has 0 aliphatic carbocycles. The van der Waals surface area contributed by atoms with Gasteiger partial charge in [0.25, 0.3) is 5.91 Å². The van der Waals surface area contributed by atoms with E-state index in [1.165, 1.54) is 16.7 Å². The molecule has 7 heteroatoms. The molecule has 2 amide bonds. The third-order valence-corrected chi connectivity index (χ3v) is 4.96. The molecule has 0 radical (unpaired) electrons. The zero-order valence-corrected chi connectivity index (χ0v) is 15.2. The van der Waals surface area contributed by atoms with Crippen LogP contribution in [0.1, 0.15) is 32.1 Å². The molecular weight excluding hydrogens is 336 g/mol. The molecule has 0 saturated carbocycles. The molecule has 1 aliphatic heterocycles. The highest BCUT2D eigenvalue weighted by Crippen LogP contribution is 2.33. The SMILES string of the molecule is CC(C)(C)NC(=O)CCN1C(=O)/C(=C/c2cccs2)SC1=S. The van der Waals surface area contributed by atoms with Gasteiger partial charge in [0.1, 0.15) is 4.32 Å². The van der Waals surface area contributed by atoms with Crippen molar-refractivity contribution in [2.24, 2.45) is 0 Å². The molecule has 22 heavy (non-hydrogen) atoms.